The minimum absolute atomic E-state index is 0.579. The average Bonchev–Trinajstić information content (AvgIpc) is 2.41. The molecule has 2 rings (SSSR count). The van der Waals surface area contributed by atoms with Gasteiger partial charge in [-0.2, -0.15) is 0 Å². The zero-order valence-electron chi connectivity index (χ0n) is 13.9. The van der Waals surface area contributed by atoms with E-state index in [2.05, 4.69) is 58.1 Å². The van der Waals surface area contributed by atoms with Crippen LogP contribution in [0.2, 0.25) is 0 Å². The molecule has 0 heterocycles. The first-order chi connectivity index (χ1) is 9.49. The van der Waals surface area contributed by atoms with Gasteiger partial charge in [-0.3, -0.25) is 0 Å². The Morgan fingerprint density at radius 2 is 1.70 bits per heavy atom. The summed E-state index contributed by atoms with van der Waals surface area (Å²) in [4.78, 5) is 0. The summed E-state index contributed by atoms with van der Waals surface area (Å²) in [5.74, 6) is 1.98. The van der Waals surface area contributed by atoms with Crippen molar-refractivity contribution in [1.82, 2.24) is 0 Å². The lowest BCUT2D eigenvalue weighted by molar-refractivity contribution is 0.349. The first-order valence-electron chi connectivity index (χ1n) is 8.39. The van der Waals surface area contributed by atoms with Crippen LogP contribution in [-0.2, 0) is 0 Å². The molecule has 0 spiro atoms. The van der Waals surface area contributed by atoms with E-state index in [1.165, 1.54) is 42.5 Å². The fraction of sp³-hybridized carbons (Fsp3) is 0.684. The molecule has 1 fully saturated rings. The molecule has 1 aromatic rings. The molecule has 0 aromatic heterocycles. The number of hydrogen-bond acceptors (Lipinski definition) is 1. The molecule has 0 aliphatic heterocycles. The molecule has 1 aliphatic rings. The monoisotopic (exact) mass is 273 g/mol. The van der Waals surface area contributed by atoms with E-state index in [-0.39, 0.29) is 0 Å². The fourth-order valence-electron chi connectivity index (χ4n) is 3.28. The van der Waals surface area contributed by atoms with Crippen LogP contribution >= 0.6 is 0 Å². The van der Waals surface area contributed by atoms with Crippen molar-refractivity contribution in [2.45, 2.75) is 78.2 Å². The van der Waals surface area contributed by atoms with Crippen molar-refractivity contribution < 1.29 is 0 Å². The highest BCUT2D eigenvalue weighted by Crippen LogP contribution is 2.32. The number of anilines is 1. The van der Waals surface area contributed by atoms with Crippen molar-refractivity contribution in [2.24, 2.45) is 5.92 Å². The zero-order valence-corrected chi connectivity index (χ0v) is 13.9. The third-order valence-corrected chi connectivity index (χ3v) is 4.82. The third-order valence-electron chi connectivity index (χ3n) is 4.82. The van der Waals surface area contributed by atoms with Crippen LogP contribution in [0.15, 0.2) is 18.2 Å². The maximum absolute atomic E-state index is 3.85. The third kappa shape index (κ3) is 3.56. The SMILES string of the molecule is CC(C)c1ccc(NC2CCCCC2C)c(C(C)C)c1. The van der Waals surface area contributed by atoms with Crippen molar-refractivity contribution in [1.29, 1.82) is 0 Å². The molecule has 1 heteroatoms. The predicted octanol–water partition coefficient (Wildman–Crippen LogP) is 5.92. The van der Waals surface area contributed by atoms with Gasteiger partial charge in [0.15, 0.2) is 0 Å². The van der Waals surface area contributed by atoms with E-state index in [0.29, 0.717) is 17.9 Å². The average molecular weight is 273 g/mol. The number of rotatable bonds is 4. The Hall–Kier alpha value is -0.980. The molecule has 2 atom stereocenters. The summed E-state index contributed by atoms with van der Waals surface area (Å²) in [6, 6.07) is 7.68. The molecule has 1 nitrogen and oxygen atoms in total. The molecule has 0 amide bonds. The van der Waals surface area contributed by atoms with Crippen molar-refractivity contribution in [3.8, 4) is 0 Å². The molecule has 2 unspecified atom stereocenters. The van der Waals surface area contributed by atoms with Crippen molar-refractivity contribution in [2.75, 3.05) is 5.32 Å². The topological polar surface area (TPSA) is 12.0 Å². The summed E-state index contributed by atoms with van der Waals surface area (Å²) in [6.07, 6.45) is 5.48. The molecular formula is C19H31N. The molecular weight excluding hydrogens is 242 g/mol. The highest BCUT2D eigenvalue weighted by molar-refractivity contribution is 5.55. The molecule has 0 saturated heterocycles. The molecule has 1 aromatic carbocycles. The van der Waals surface area contributed by atoms with Crippen molar-refractivity contribution in [3.05, 3.63) is 29.3 Å². The van der Waals surface area contributed by atoms with Crippen LogP contribution in [-0.4, -0.2) is 6.04 Å². The van der Waals surface area contributed by atoms with Crippen LogP contribution in [0.5, 0.6) is 0 Å². The Morgan fingerprint density at radius 3 is 2.30 bits per heavy atom. The minimum Gasteiger partial charge on any atom is -0.382 e. The molecule has 112 valence electrons. The number of nitrogens with one attached hydrogen (secondary N) is 1. The van der Waals surface area contributed by atoms with Gasteiger partial charge in [-0.25, -0.2) is 0 Å². The smallest absolute Gasteiger partial charge is 0.0377 e. The van der Waals surface area contributed by atoms with Crippen LogP contribution in [0.3, 0.4) is 0 Å². The summed E-state index contributed by atoms with van der Waals surface area (Å²) >= 11 is 0. The molecule has 0 bridgehead atoms. The lowest BCUT2D eigenvalue weighted by atomic mass is 9.85. The highest BCUT2D eigenvalue weighted by Gasteiger charge is 2.22. The Bertz CT molecular complexity index is 433. The maximum Gasteiger partial charge on any atom is 0.0377 e. The maximum atomic E-state index is 3.85. The van der Waals surface area contributed by atoms with E-state index in [1.54, 1.807) is 0 Å². The molecule has 20 heavy (non-hydrogen) atoms. The summed E-state index contributed by atoms with van der Waals surface area (Å²) in [6.45, 7) is 11.5. The summed E-state index contributed by atoms with van der Waals surface area (Å²) in [5.41, 5.74) is 4.30. The second-order valence-electron chi connectivity index (χ2n) is 7.17. The van der Waals surface area contributed by atoms with Gasteiger partial charge in [0.25, 0.3) is 0 Å². The van der Waals surface area contributed by atoms with Crippen LogP contribution in [0.4, 0.5) is 5.69 Å². The van der Waals surface area contributed by atoms with Crippen LogP contribution in [0.1, 0.15) is 83.3 Å². The van der Waals surface area contributed by atoms with Crippen molar-refractivity contribution >= 4 is 5.69 Å². The molecule has 0 radical (unpaired) electrons. The Labute approximate surface area is 125 Å². The van der Waals surface area contributed by atoms with Gasteiger partial charge in [-0.1, -0.05) is 59.6 Å². The minimum atomic E-state index is 0.579. The summed E-state index contributed by atoms with van der Waals surface area (Å²) < 4.78 is 0. The van der Waals surface area contributed by atoms with E-state index < -0.39 is 0 Å². The van der Waals surface area contributed by atoms with Gasteiger partial charge in [-0.05, 0) is 47.8 Å². The lowest BCUT2D eigenvalue weighted by Gasteiger charge is -2.31. The molecule has 1 aliphatic carbocycles. The normalized spacial score (nSPS) is 23.4. The van der Waals surface area contributed by atoms with E-state index in [9.17, 15) is 0 Å². The van der Waals surface area contributed by atoms with Gasteiger partial charge in [0.2, 0.25) is 0 Å². The molecule has 1 saturated carbocycles. The Balaban J connectivity index is 2.21. The van der Waals surface area contributed by atoms with E-state index >= 15 is 0 Å². The van der Waals surface area contributed by atoms with Gasteiger partial charge in [0, 0.05) is 11.7 Å². The summed E-state index contributed by atoms with van der Waals surface area (Å²) in [5, 5.41) is 3.85. The van der Waals surface area contributed by atoms with Gasteiger partial charge >= 0.3 is 0 Å². The van der Waals surface area contributed by atoms with Crippen LogP contribution in [0.25, 0.3) is 0 Å². The highest BCUT2D eigenvalue weighted by atomic mass is 14.9. The number of hydrogen-bond donors (Lipinski definition) is 1. The van der Waals surface area contributed by atoms with Gasteiger partial charge in [0.1, 0.15) is 0 Å². The lowest BCUT2D eigenvalue weighted by Crippen LogP contribution is -2.30. The van der Waals surface area contributed by atoms with Gasteiger partial charge < -0.3 is 5.32 Å². The quantitative estimate of drug-likeness (QED) is 0.717. The van der Waals surface area contributed by atoms with E-state index in [0.717, 1.165) is 5.92 Å². The molecule has 1 N–H and O–H groups in total. The van der Waals surface area contributed by atoms with E-state index in [1.807, 2.05) is 0 Å². The van der Waals surface area contributed by atoms with Gasteiger partial charge in [0.05, 0.1) is 0 Å². The summed E-state index contributed by atoms with van der Waals surface area (Å²) in [7, 11) is 0. The van der Waals surface area contributed by atoms with Crippen LogP contribution in [0, 0.1) is 5.92 Å². The van der Waals surface area contributed by atoms with Crippen LogP contribution < -0.4 is 5.32 Å². The second kappa shape index (κ2) is 6.65. The second-order valence-corrected chi connectivity index (χ2v) is 7.17. The predicted molar refractivity (Wildman–Crippen MR) is 89.7 cm³/mol. The van der Waals surface area contributed by atoms with Gasteiger partial charge in [-0.15, -0.1) is 0 Å². The first-order valence-corrected chi connectivity index (χ1v) is 8.39. The van der Waals surface area contributed by atoms with E-state index in [4.69, 9.17) is 0 Å². The fourth-order valence-corrected chi connectivity index (χ4v) is 3.28. The Morgan fingerprint density at radius 1 is 1.00 bits per heavy atom. The Kier molecular flexibility index (Phi) is 5.12. The zero-order chi connectivity index (χ0) is 14.7. The van der Waals surface area contributed by atoms with Crippen molar-refractivity contribution in [3.63, 3.8) is 0 Å². The largest absolute Gasteiger partial charge is 0.382 e. The first kappa shape index (κ1) is 15.4. The standard InChI is InChI=1S/C19H31N/c1-13(2)16-10-11-19(17(12-16)14(3)4)20-18-9-7-6-8-15(18)5/h10-15,18,20H,6-9H2,1-5H3. The number of benzene rings is 1.